The summed E-state index contributed by atoms with van der Waals surface area (Å²) in [6.07, 6.45) is 80.3. The number of carbonyl (C=O) groups is 1. The highest BCUT2D eigenvalue weighted by atomic mass is 16.3. The molecule has 0 radical (unpaired) electrons. The summed E-state index contributed by atoms with van der Waals surface area (Å²) in [5.74, 6) is -0.0456. The highest BCUT2D eigenvalue weighted by Gasteiger charge is 2.23. The summed E-state index contributed by atoms with van der Waals surface area (Å²) in [6.45, 7) is 13.4. The van der Waals surface area contributed by atoms with Crippen LogP contribution in [0.5, 0.6) is 0 Å². The Hall–Kier alpha value is -1.09. The first-order chi connectivity index (χ1) is 51.6. The van der Waals surface area contributed by atoms with Crippen LogP contribution in [0, 0.1) is 5.92 Å². The molecule has 0 heterocycles. The molecule has 16 nitrogen and oxygen atoms in total. The lowest BCUT2D eigenvalue weighted by Crippen LogP contribution is -2.41. The molecular formula is C91H197N11O5. The van der Waals surface area contributed by atoms with Crippen molar-refractivity contribution in [1.82, 2.24) is 5.32 Å². The molecule has 0 rings (SSSR count). The van der Waals surface area contributed by atoms with Crippen LogP contribution in [0.3, 0.4) is 0 Å². The van der Waals surface area contributed by atoms with Gasteiger partial charge in [-0.2, -0.15) is 0 Å². The number of aliphatic hydroxyl groups excluding tert-OH is 4. The smallest absolute Gasteiger partial charge is 0.222 e. The Labute approximate surface area is 666 Å². The SMILES string of the molecule is CCCCCC(N)CCCCCCCC(N)CCCCCCCC(N)CCCCCCCC(N)CCCCCCCC(C)O.CCCCCC(N)CCCCCCCC(N)CCCCCCCC(N)CCCCCCCC(N)CCCCCCCC(O)CCN.CCCNC(=O)CC(O)CC(O)C(N)C(C)C. The lowest BCUT2D eigenvalue weighted by molar-refractivity contribution is -0.123. The fourth-order valence-corrected chi connectivity index (χ4v) is 15.1. The maximum absolute atomic E-state index is 11.3. The molecule has 0 aliphatic heterocycles. The zero-order valence-electron chi connectivity index (χ0n) is 72.6. The van der Waals surface area contributed by atoms with E-state index in [1.165, 1.54) is 379 Å². The number of carbonyl (C=O) groups excluding carboxylic acids is 1. The van der Waals surface area contributed by atoms with Gasteiger partial charge >= 0.3 is 0 Å². The predicted octanol–water partition coefficient (Wildman–Crippen LogP) is 19.7. The van der Waals surface area contributed by atoms with E-state index in [2.05, 4.69) is 19.2 Å². The summed E-state index contributed by atoms with van der Waals surface area (Å²) in [4.78, 5) is 11.3. The van der Waals surface area contributed by atoms with Crippen LogP contribution in [0.15, 0.2) is 0 Å². The first-order valence-electron chi connectivity index (χ1n) is 47.1. The Morgan fingerprint density at radius 2 is 0.477 bits per heavy atom. The number of unbranched alkanes of at least 4 members (excludes halogenated alkanes) is 36. The van der Waals surface area contributed by atoms with Crippen LogP contribution >= 0.6 is 0 Å². The summed E-state index contributed by atoms with van der Waals surface area (Å²) in [5, 5.41) is 41.1. The van der Waals surface area contributed by atoms with Crippen molar-refractivity contribution in [3.63, 3.8) is 0 Å². The van der Waals surface area contributed by atoms with Crippen LogP contribution in [-0.4, -0.2) is 118 Å². The number of hydrogen-bond donors (Lipinski definition) is 15. The van der Waals surface area contributed by atoms with Gasteiger partial charge in [0.25, 0.3) is 0 Å². The molecule has 0 saturated heterocycles. The molecule has 0 aromatic rings. The van der Waals surface area contributed by atoms with Crippen LogP contribution < -0.4 is 62.7 Å². The van der Waals surface area contributed by atoms with Crippen molar-refractivity contribution in [2.24, 2.45) is 63.3 Å². The standard InChI is InChI=1S/C40H87N5O.C39H84N4O.C12H26N2O3/c1-2-3-16-25-36(42)26-17-8-4-9-18-27-37(43)28-19-10-5-11-20-29-38(44)30-21-12-6-13-22-31-39(45)32-23-14-7-15-24-33-40(46)34-35-41;1-3-4-17-27-36(40)28-20-11-6-12-21-31-38(42)32-24-15-8-16-25-34-39(43)33-23-14-7-13-22-30-37(41)29-19-10-5-9-18-26-35(2)44;1-4-5-14-11(17)7-9(15)6-10(16)12(13)8(2)3/h36-40,46H,2-35,41-45H2,1H3;35-39,44H,3-34,40-43H2,1-2H3;8-10,12,15-16H,4-7,13H2,1-3H3,(H,14,17). The van der Waals surface area contributed by atoms with E-state index >= 15 is 0 Å². The number of rotatable bonds is 82. The van der Waals surface area contributed by atoms with Gasteiger partial charge in [0, 0.05) is 67.3 Å². The van der Waals surface area contributed by atoms with Crippen molar-refractivity contribution in [2.75, 3.05) is 13.1 Å². The van der Waals surface area contributed by atoms with Crippen molar-refractivity contribution in [2.45, 2.75) is 557 Å². The fraction of sp³-hybridized carbons (Fsp3) is 0.989. The zero-order chi connectivity index (χ0) is 79.9. The highest BCUT2D eigenvalue weighted by molar-refractivity contribution is 5.76. The van der Waals surface area contributed by atoms with Crippen molar-refractivity contribution < 1.29 is 25.2 Å². The fourth-order valence-electron chi connectivity index (χ4n) is 15.1. The van der Waals surface area contributed by atoms with Gasteiger partial charge < -0.3 is 83.1 Å². The lowest BCUT2D eigenvalue weighted by Gasteiger charge is -2.24. The second kappa shape index (κ2) is 85.8. The summed E-state index contributed by atoms with van der Waals surface area (Å²) >= 11 is 0. The van der Waals surface area contributed by atoms with Gasteiger partial charge in [-0.1, -0.05) is 330 Å². The van der Waals surface area contributed by atoms with Crippen molar-refractivity contribution in [3.8, 4) is 0 Å². The van der Waals surface area contributed by atoms with E-state index < -0.39 is 12.2 Å². The summed E-state index contributed by atoms with van der Waals surface area (Å²) in [7, 11) is 0. The van der Waals surface area contributed by atoms with E-state index in [9.17, 15) is 25.2 Å². The second-order valence-electron chi connectivity index (χ2n) is 34.7. The van der Waals surface area contributed by atoms with E-state index in [1.54, 1.807) is 0 Å². The largest absolute Gasteiger partial charge is 0.393 e. The van der Waals surface area contributed by atoms with Gasteiger partial charge in [0.1, 0.15) is 0 Å². The van der Waals surface area contributed by atoms with Gasteiger partial charge in [0.15, 0.2) is 0 Å². The molecule has 0 aliphatic rings. The predicted molar refractivity (Wildman–Crippen MR) is 469 cm³/mol. The molecule has 0 saturated carbocycles. The molecule has 0 aromatic heterocycles. The Kier molecular flexibility index (Phi) is 88.2. The molecular weight excluding hydrogens is 1330 g/mol. The Balaban J connectivity index is -0.00000166. The van der Waals surface area contributed by atoms with Crippen LogP contribution in [0.4, 0.5) is 0 Å². The molecule has 0 fully saturated rings. The molecule has 13 unspecified atom stereocenters. The monoisotopic (exact) mass is 1520 g/mol. The summed E-state index contributed by atoms with van der Waals surface area (Å²) < 4.78 is 0. The minimum Gasteiger partial charge on any atom is -0.393 e. The minimum absolute atomic E-state index is 0.0157. The summed E-state index contributed by atoms with van der Waals surface area (Å²) in [5.41, 5.74) is 62.0. The molecule has 1 amide bonds. The summed E-state index contributed by atoms with van der Waals surface area (Å²) in [6, 6.07) is 2.83. The van der Waals surface area contributed by atoms with Gasteiger partial charge in [0.2, 0.25) is 5.91 Å². The van der Waals surface area contributed by atoms with Crippen molar-refractivity contribution >= 4 is 5.91 Å². The van der Waals surface area contributed by atoms with E-state index in [0.717, 1.165) is 44.9 Å². The molecule has 16 heteroatoms. The molecule has 0 spiro atoms. The molecule has 13 atom stereocenters. The van der Waals surface area contributed by atoms with Crippen LogP contribution in [0.1, 0.15) is 478 Å². The maximum Gasteiger partial charge on any atom is 0.222 e. The van der Waals surface area contributed by atoms with Gasteiger partial charge in [-0.05, 0) is 148 Å². The average Bonchev–Trinajstić information content (AvgIpc) is 0.945. The number of nitrogens with two attached hydrogens (primary N) is 10. The number of amides is 1. The molecule has 0 aromatic carbocycles. The zero-order valence-corrected chi connectivity index (χ0v) is 72.6. The van der Waals surface area contributed by atoms with E-state index in [1.807, 2.05) is 27.7 Å². The van der Waals surface area contributed by atoms with Crippen molar-refractivity contribution in [3.05, 3.63) is 0 Å². The van der Waals surface area contributed by atoms with E-state index in [4.69, 9.17) is 57.3 Å². The molecule has 25 N–H and O–H groups in total. The maximum atomic E-state index is 11.3. The Morgan fingerprint density at radius 3 is 0.673 bits per heavy atom. The molecule has 0 bridgehead atoms. The third-order valence-electron chi connectivity index (χ3n) is 22.8. The third-order valence-corrected chi connectivity index (χ3v) is 22.8. The first-order valence-corrected chi connectivity index (χ1v) is 47.1. The van der Waals surface area contributed by atoms with Gasteiger partial charge in [0.05, 0.1) is 30.8 Å². The Bertz CT molecular complexity index is 1710. The Morgan fingerprint density at radius 1 is 0.271 bits per heavy atom. The molecule has 646 valence electrons. The van der Waals surface area contributed by atoms with Crippen LogP contribution in [0.2, 0.25) is 0 Å². The van der Waals surface area contributed by atoms with Gasteiger partial charge in [-0.15, -0.1) is 0 Å². The normalized spacial score (nSPS) is 15.5. The molecule has 0 aliphatic carbocycles. The van der Waals surface area contributed by atoms with E-state index in [-0.39, 0.29) is 42.9 Å². The van der Waals surface area contributed by atoms with Crippen molar-refractivity contribution in [1.29, 1.82) is 0 Å². The minimum atomic E-state index is -0.841. The number of nitrogens with one attached hydrogen (secondary N) is 1. The third kappa shape index (κ3) is 88.7. The topological polar surface area (TPSA) is 370 Å². The number of hydrogen-bond acceptors (Lipinski definition) is 15. The highest BCUT2D eigenvalue weighted by Crippen LogP contribution is 2.22. The van der Waals surface area contributed by atoms with E-state index in [0.29, 0.717) is 61.4 Å². The van der Waals surface area contributed by atoms with Crippen LogP contribution in [-0.2, 0) is 4.79 Å². The second-order valence-corrected chi connectivity index (χ2v) is 34.7. The van der Waals surface area contributed by atoms with Gasteiger partial charge in [-0.3, -0.25) is 4.79 Å². The first kappa shape index (κ1) is 110. The average molecular weight is 1530 g/mol. The van der Waals surface area contributed by atoms with Gasteiger partial charge in [-0.25, -0.2) is 0 Å². The molecule has 107 heavy (non-hydrogen) atoms. The quantitative estimate of drug-likeness (QED) is 0.0252. The lowest BCUT2D eigenvalue weighted by atomic mass is 9.95. The number of aliphatic hydroxyl groups is 4. The van der Waals surface area contributed by atoms with Crippen LogP contribution in [0.25, 0.3) is 0 Å².